The van der Waals surface area contributed by atoms with E-state index < -0.39 is 0 Å². The highest BCUT2D eigenvalue weighted by atomic mass is 13.9. The van der Waals surface area contributed by atoms with E-state index in [1.165, 1.54) is 16.7 Å². The normalized spacial score (nSPS) is 8.55. The van der Waals surface area contributed by atoms with Crippen LogP contribution >= 0.6 is 0 Å². The van der Waals surface area contributed by atoms with Crippen molar-refractivity contribution in [3.8, 4) is 0 Å². The van der Waals surface area contributed by atoms with Crippen LogP contribution in [-0.4, -0.2) is 0 Å². The van der Waals surface area contributed by atoms with Crippen LogP contribution in [0.1, 0.15) is 22.3 Å². The Bertz CT molecular complexity index is 549. The Kier molecular flexibility index (Phi) is 8.16. The molecule has 0 unspecified atom stereocenters. The van der Waals surface area contributed by atoms with Crippen LogP contribution in [0.15, 0.2) is 72.8 Å². The summed E-state index contributed by atoms with van der Waals surface area (Å²) in [4.78, 5) is 0. The van der Waals surface area contributed by atoms with Gasteiger partial charge in [0.05, 0.1) is 0 Å². The molecule has 0 aromatic heterocycles. The standard InChI is InChI=1S/C8H10.C7H8.C7H6/c1-7-3-5-8(2)6-4-7;2*1-7-5-3-2-4-6-7/h3-6H,1-2H3;2-6H,1H3;2-3,5H,1H3. The summed E-state index contributed by atoms with van der Waals surface area (Å²) < 4.78 is 0. The van der Waals surface area contributed by atoms with Crippen LogP contribution in [-0.2, 0) is 0 Å². The fourth-order valence-electron chi connectivity index (χ4n) is 1.61. The Labute approximate surface area is 135 Å². The zero-order valence-corrected chi connectivity index (χ0v) is 13.9. The van der Waals surface area contributed by atoms with Gasteiger partial charge in [-0.2, -0.15) is 0 Å². The highest BCUT2D eigenvalue weighted by Crippen LogP contribution is 1.99. The van der Waals surface area contributed by atoms with Crippen LogP contribution in [0.3, 0.4) is 0 Å². The van der Waals surface area contributed by atoms with E-state index >= 15 is 0 Å². The Balaban J connectivity index is 0.000000166. The Hall–Kier alpha value is -2.52. The smallest absolute Gasteiger partial charge is 0.000703 e. The molecule has 0 N–H and O–H groups in total. The van der Waals surface area contributed by atoms with Gasteiger partial charge in [0.1, 0.15) is 0 Å². The number of aryl methyl sites for hydroxylation is 4. The topological polar surface area (TPSA) is 0 Å². The monoisotopic (exact) mass is 288 g/mol. The van der Waals surface area contributed by atoms with Crippen LogP contribution in [0.2, 0.25) is 0 Å². The summed E-state index contributed by atoms with van der Waals surface area (Å²) in [5.41, 5.74) is 5.12. The second kappa shape index (κ2) is 10.2. The van der Waals surface area contributed by atoms with E-state index in [1.54, 1.807) is 0 Å². The van der Waals surface area contributed by atoms with Gasteiger partial charge in [-0.1, -0.05) is 95.6 Å². The van der Waals surface area contributed by atoms with Crippen molar-refractivity contribution in [1.82, 2.24) is 0 Å². The van der Waals surface area contributed by atoms with Crippen molar-refractivity contribution in [2.45, 2.75) is 27.7 Å². The first kappa shape index (κ1) is 17.5. The first-order chi connectivity index (χ1) is 10.6. The van der Waals surface area contributed by atoms with Gasteiger partial charge in [-0.05, 0) is 39.3 Å². The number of rotatable bonds is 0. The van der Waals surface area contributed by atoms with Crippen LogP contribution in [0.25, 0.3) is 0 Å². The molecule has 3 aromatic carbocycles. The summed E-state index contributed by atoms with van der Waals surface area (Å²) in [5.74, 6) is 0. The average Bonchev–Trinajstić information content (AvgIpc) is 2.53. The zero-order valence-electron chi connectivity index (χ0n) is 13.9. The lowest BCUT2D eigenvalue weighted by Crippen LogP contribution is -1.70. The molecule has 0 heteroatoms. The van der Waals surface area contributed by atoms with Gasteiger partial charge in [-0.3, -0.25) is 0 Å². The molecule has 0 heterocycles. The van der Waals surface area contributed by atoms with Crippen molar-refractivity contribution in [3.63, 3.8) is 0 Å². The molecule has 0 amide bonds. The lowest BCUT2D eigenvalue weighted by atomic mass is 10.2. The maximum absolute atomic E-state index is 2.91. The summed E-state index contributed by atoms with van der Waals surface area (Å²) >= 11 is 0. The molecule has 0 saturated carbocycles. The van der Waals surface area contributed by atoms with Crippen molar-refractivity contribution in [1.29, 1.82) is 0 Å². The molecule has 0 fully saturated rings. The minimum absolute atomic E-state index is 1.14. The third kappa shape index (κ3) is 8.61. The van der Waals surface area contributed by atoms with Gasteiger partial charge < -0.3 is 0 Å². The van der Waals surface area contributed by atoms with E-state index in [1.807, 2.05) is 43.3 Å². The average molecular weight is 288 g/mol. The molecular weight excluding hydrogens is 264 g/mol. The molecule has 0 aliphatic heterocycles. The van der Waals surface area contributed by atoms with Gasteiger partial charge in [0, 0.05) is 0 Å². The fraction of sp³-hybridized carbons (Fsp3) is 0.182. The molecule has 0 aliphatic rings. The highest BCUT2D eigenvalue weighted by molar-refractivity contribution is 5.19. The van der Waals surface area contributed by atoms with E-state index in [2.05, 4.69) is 69.3 Å². The summed E-state index contributed by atoms with van der Waals surface area (Å²) in [6.07, 6.45) is 0. The maximum atomic E-state index is 2.91. The van der Waals surface area contributed by atoms with Crippen molar-refractivity contribution in [3.05, 3.63) is 107 Å². The first-order valence-electron chi connectivity index (χ1n) is 7.48. The molecule has 112 valence electrons. The molecule has 0 spiro atoms. The highest BCUT2D eigenvalue weighted by Gasteiger charge is 1.79. The molecule has 3 rings (SSSR count). The maximum Gasteiger partial charge on any atom is -0.000703 e. The Morgan fingerprint density at radius 1 is 0.545 bits per heavy atom. The van der Waals surface area contributed by atoms with Crippen LogP contribution in [0, 0.1) is 39.8 Å². The van der Waals surface area contributed by atoms with Crippen molar-refractivity contribution >= 4 is 0 Å². The SMILES string of the molecule is Cc1c#cccc1.Cc1ccc(C)cc1.Cc1ccccc1. The predicted octanol–water partition coefficient (Wildman–Crippen LogP) is 5.89. The van der Waals surface area contributed by atoms with Crippen molar-refractivity contribution < 1.29 is 0 Å². The van der Waals surface area contributed by atoms with Gasteiger partial charge in [-0.25, -0.2) is 0 Å². The number of benzene rings is 2. The Morgan fingerprint density at radius 2 is 1.05 bits per heavy atom. The first-order valence-corrected chi connectivity index (χ1v) is 7.48. The molecule has 0 radical (unpaired) electrons. The van der Waals surface area contributed by atoms with E-state index in [0.717, 1.165) is 5.56 Å². The summed E-state index contributed by atoms with van der Waals surface area (Å²) in [6.45, 7) is 8.27. The second-order valence-electron chi connectivity index (χ2n) is 5.29. The van der Waals surface area contributed by atoms with Crippen molar-refractivity contribution in [2.24, 2.45) is 0 Å². The van der Waals surface area contributed by atoms with Crippen LogP contribution in [0.5, 0.6) is 0 Å². The summed E-state index contributed by atoms with van der Waals surface area (Å²) in [6, 6.07) is 30.3. The van der Waals surface area contributed by atoms with Crippen LogP contribution in [0.4, 0.5) is 0 Å². The van der Waals surface area contributed by atoms with E-state index in [-0.39, 0.29) is 0 Å². The molecular formula is C22H24. The van der Waals surface area contributed by atoms with E-state index in [0.29, 0.717) is 0 Å². The van der Waals surface area contributed by atoms with Gasteiger partial charge in [0.25, 0.3) is 0 Å². The second-order valence-corrected chi connectivity index (χ2v) is 5.29. The molecule has 3 aromatic rings. The van der Waals surface area contributed by atoms with E-state index in [4.69, 9.17) is 0 Å². The predicted molar refractivity (Wildman–Crippen MR) is 95.9 cm³/mol. The van der Waals surface area contributed by atoms with Gasteiger partial charge in [0.2, 0.25) is 0 Å². The quantitative estimate of drug-likeness (QED) is 0.483. The largest absolute Gasteiger partial charge is 0.0700 e. The summed E-state index contributed by atoms with van der Waals surface area (Å²) in [5, 5.41) is 0. The lowest BCUT2D eigenvalue weighted by molar-refractivity contribution is 1.40. The molecule has 0 nitrogen and oxygen atoms in total. The van der Waals surface area contributed by atoms with Gasteiger partial charge in [0.15, 0.2) is 0 Å². The van der Waals surface area contributed by atoms with Gasteiger partial charge in [-0.15, -0.1) is 0 Å². The lowest BCUT2D eigenvalue weighted by Gasteiger charge is -1.90. The molecule has 0 aliphatic carbocycles. The minimum atomic E-state index is 1.14. The number of hydrogen-bond acceptors (Lipinski definition) is 0. The van der Waals surface area contributed by atoms with Crippen LogP contribution < -0.4 is 0 Å². The Morgan fingerprint density at radius 3 is 1.32 bits per heavy atom. The van der Waals surface area contributed by atoms with Crippen molar-refractivity contribution in [2.75, 3.05) is 0 Å². The third-order valence-corrected chi connectivity index (χ3v) is 2.95. The molecule has 0 atom stereocenters. The fourth-order valence-corrected chi connectivity index (χ4v) is 1.61. The van der Waals surface area contributed by atoms with Gasteiger partial charge >= 0.3 is 0 Å². The van der Waals surface area contributed by atoms with E-state index in [9.17, 15) is 0 Å². The third-order valence-electron chi connectivity index (χ3n) is 2.95. The molecule has 0 bridgehead atoms. The molecule has 0 saturated heterocycles. The zero-order chi connectivity index (χ0) is 16.2. The summed E-state index contributed by atoms with van der Waals surface area (Å²) in [7, 11) is 0. The number of hydrogen-bond donors (Lipinski definition) is 0. The minimum Gasteiger partial charge on any atom is -0.0700 e. The molecule has 22 heavy (non-hydrogen) atoms.